The molecular weight excluding hydrogens is 227 g/mol. The third-order valence-electron chi connectivity index (χ3n) is 2.16. The second-order valence-electron chi connectivity index (χ2n) is 3.48. The molecule has 0 spiro atoms. The highest BCUT2D eigenvalue weighted by Gasteiger charge is 2.18. The minimum absolute atomic E-state index is 0.0374. The number of Topliss-reactive ketones (excluding diaryl/α,β-unsaturated/α-hetero) is 1. The maximum Gasteiger partial charge on any atom is 0.346 e. The highest BCUT2D eigenvalue weighted by molar-refractivity contribution is 5.96. The number of benzene rings is 1. The number of methoxy groups -OCH3 is 1. The summed E-state index contributed by atoms with van der Waals surface area (Å²) in [5, 5.41) is 0. The van der Waals surface area contributed by atoms with Crippen LogP contribution in [0.25, 0.3) is 0 Å². The van der Waals surface area contributed by atoms with Crippen molar-refractivity contribution in [3.8, 4) is 5.75 Å². The van der Waals surface area contributed by atoms with Crippen molar-refractivity contribution in [2.75, 3.05) is 7.11 Å². The molecule has 4 nitrogen and oxygen atoms in total. The third kappa shape index (κ3) is 3.27. The number of ether oxygens (including phenoxy) is 2. The quantitative estimate of drug-likeness (QED) is 0.596. The lowest BCUT2D eigenvalue weighted by Crippen LogP contribution is -2.25. The minimum Gasteiger partial charge on any atom is -0.478 e. The Bertz CT molecular complexity index is 442. The van der Waals surface area contributed by atoms with Crippen LogP contribution in [0.15, 0.2) is 18.2 Å². The number of rotatable bonds is 4. The van der Waals surface area contributed by atoms with Crippen LogP contribution in [0.2, 0.25) is 0 Å². The molecule has 0 amide bonds. The van der Waals surface area contributed by atoms with Crippen LogP contribution < -0.4 is 4.74 Å². The van der Waals surface area contributed by atoms with Gasteiger partial charge in [-0.2, -0.15) is 0 Å². The van der Waals surface area contributed by atoms with Crippen molar-refractivity contribution in [2.24, 2.45) is 0 Å². The number of hydrogen-bond donors (Lipinski definition) is 0. The van der Waals surface area contributed by atoms with Gasteiger partial charge in [0.2, 0.25) is 0 Å². The smallest absolute Gasteiger partial charge is 0.346 e. The number of halogens is 1. The summed E-state index contributed by atoms with van der Waals surface area (Å²) >= 11 is 0. The largest absolute Gasteiger partial charge is 0.478 e. The zero-order valence-electron chi connectivity index (χ0n) is 9.82. The molecule has 92 valence electrons. The molecule has 0 radical (unpaired) electrons. The first-order chi connectivity index (χ1) is 7.95. The van der Waals surface area contributed by atoms with Gasteiger partial charge in [-0.3, -0.25) is 4.79 Å². The first-order valence-corrected chi connectivity index (χ1v) is 5.00. The van der Waals surface area contributed by atoms with E-state index in [0.29, 0.717) is 0 Å². The van der Waals surface area contributed by atoms with Gasteiger partial charge in [-0.25, -0.2) is 9.18 Å². The van der Waals surface area contributed by atoms with E-state index in [1.54, 1.807) is 0 Å². The summed E-state index contributed by atoms with van der Waals surface area (Å²) in [6.45, 7) is 2.80. The lowest BCUT2D eigenvalue weighted by molar-refractivity contribution is -0.147. The molecule has 5 heteroatoms. The molecule has 1 atom stereocenters. The molecule has 0 heterocycles. The molecule has 1 unspecified atom stereocenters. The van der Waals surface area contributed by atoms with Crippen LogP contribution in [0.1, 0.15) is 24.2 Å². The molecule has 0 N–H and O–H groups in total. The highest BCUT2D eigenvalue weighted by atomic mass is 19.1. The molecule has 0 fully saturated rings. The molecule has 0 aliphatic heterocycles. The summed E-state index contributed by atoms with van der Waals surface area (Å²) in [6, 6.07) is 3.54. The predicted molar refractivity (Wildman–Crippen MR) is 58.5 cm³/mol. The van der Waals surface area contributed by atoms with Crippen molar-refractivity contribution < 1.29 is 23.5 Å². The summed E-state index contributed by atoms with van der Waals surface area (Å²) in [6.07, 6.45) is -0.903. The number of carbonyl (C=O) groups is 2. The zero-order valence-corrected chi connectivity index (χ0v) is 9.82. The fraction of sp³-hybridized carbons (Fsp3) is 0.333. The van der Waals surface area contributed by atoms with E-state index >= 15 is 0 Å². The fourth-order valence-electron chi connectivity index (χ4n) is 1.29. The van der Waals surface area contributed by atoms with Crippen molar-refractivity contribution in [3.05, 3.63) is 29.6 Å². The summed E-state index contributed by atoms with van der Waals surface area (Å²) in [7, 11) is 1.22. The van der Waals surface area contributed by atoms with E-state index in [4.69, 9.17) is 4.74 Å². The second-order valence-corrected chi connectivity index (χ2v) is 3.48. The molecule has 1 aromatic rings. The standard InChI is InChI=1S/C12H13FO4/c1-7(14)10-5-4-9(13)6-11(10)17-8(2)12(15)16-3/h4-6,8H,1-3H3. The summed E-state index contributed by atoms with van der Waals surface area (Å²) < 4.78 is 22.7. The third-order valence-corrected chi connectivity index (χ3v) is 2.16. The lowest BCUT2D eigenvalue weighted by atomic mass is 10.1. The normalized spacial score (nSPS) is 11.8. The second kappa shape index (κ2) is 5.43. The average Bonchev–Trinajstić information content (AvgIpc) is 2.27. The minimum atomic E-state index is -0.903. The number of hydrogen-bond acceptors (Lipinski definition) is 4. The van der Waals surface area contributed by atoms with Gasteiger partial charge in [-0.15, -0.1) is 0 Å². The van der Waals surface area contributed by atoms with Gasteiger partial charge in [0.25, 0.3) is 0 Å². The van der Waals surface area contributed by atoms with Crippen LogP contribution in [0, 0.1) is 5.82 Å². The Balaban J connectivity index is 3.00. The van der Waals surface area contributed by atoms with Crippen LogP contribution in [0.3, 0.4) is 0 Å². The van der Waals surface area contributed by atoms with E-state index in [-0.39, 0.29) is 17.1 Å². The van der Waals surface area contributed by atoms with Gasteiger partial charge in [0, 0.05) is 6.07 Å². The number of esters is 1. The van der Waals surface area contributed by atoms with Crippen LogP contribution >= 0.6 is 0 Å². The van der Waals surface area contributed by atoms with E-state index in [1.165, 1.54) is 27.0 Å². The molecule has 0 aromatic heterocycles. The maximum absolute atomic E-state index is 13.0. The Labute approximate surface area is 98.3 Å². The molecule has 0 aliphatic carbocycles. The first-order valence-electron chi connectivity index (χ1n) is 5.00. The van der Waals surface area contributed by atoms with Gasteiger partial charge in [0.1, 0.15) is 11.6 Å². The highest BCUT2D eigenvalue weighted by Crippen LogP contribution is 2.22. The zero-order chi connectivity index (χ0) is 13.0. The van der Waals surface area contributed by atoms with Crippen molar-refractivity contribution in [3.63, 3.8) is 0 Å². The van der Waals surface area contributed by atoms with Crippen LogP contribution in [0.5, 0.6) is 5.75 Å². The topological polar surface area (TPSA) is 52.6 Å². The molecular formula is C12H13FO4. The first kappa shape index (κ1) is 13.2. The molecule has 0 bridgehead atoms. The monoisotopic (exact) mass is 240 g/mol. The molecule has 1 rings (SSSR count). The summed E-state index contributed by atoms with van der Waals surface area (Å²) in [5.74, 6) is -1.36. The van der Waals surface area contributed by atoms with E-state index in [0.717, 1.165) is 12.1 Å². The SMILES string of the molecule is COC(=O)C(C)Oc1cc(F)ccc1C(C)=O. The Morgan fingerprint density at radius 3 is 2.53 bits per heavy atom. The molecule has 0 saturated carbocycles. The Kier molecular flexibility index (Phi) is 4.20. The van der Waals surface area contributed by atoms with Gasteiger partial charge in [-0.1, -0.05) is 0 Å². The Morgan fingerprint density at radius 1 is 1.35 bits per heavy atom. The van der Waals surface area contributed by atoms with Crippen LogP contribution in [-0.2, 0) is 9.53 Å². The molecule has 1 aromatic carbocycles. The molecule has 0 saturated heterocycles. The summed E-state index contributed by atoms with van der Waals surface area (Å²) in [4.78, 5) is 22.4. The van der Waals surface area contributed by atoms with Crippen molar-refractivity contribution >= 4 is 11.8 Å². The summed E-state index contributed by atoms with van der Waals surface area (Å²) in [5.41, 5.74) is 0.224. The Hall–Kier alpha value is -1.91. The van der Waals surface area contributed by atoms with E-state index in [1.807, 2.05) is 0 Å². The van der Waals surface area contributed by atoms with Crippen LogP contribution in [-0.4, -0.2) is 25.0 Å². The van der Waals surface area contributed by atoms with Crippen molar-refractivity contribution in [2.45, 2.75) is 20.0 Å². The van der Waals surface area contributed by atoms with Crippen LogP contribution in [0.4, 0.5) is 4.39 Å². The predicted octanol–water partition coefficient (Wildman–Crippen LogP) is 1.97. The Morgan fingerprint density at radius 2 is 2.00 bits per heavy atom. The van der Waals surface area contributed by atoms with Gasteiger partial charge >= 0.3 is 5.97 Å². The number of carbonyl (C=O) groups excluding carboxylic acids is 2. The van der Waals surface area contributed by atoms with Gasteiger partial charge in [0.05, 0.1) is 12.7 Å². The maximum atomic E-state index is 13.0. The molecule has 17 heavy (non-hydrogen) atoms. The van der Waals surface area contributed by atoms with Crippen molar-refractivity contribution in [1.29, 1.82) is 0 Å². The van der Waals surface area contributed by atoms with Gasteiger partial charge in [-0.05, 0) is 26.0 Å². The number of ketones is 1. The average molecular weight is 240 g/mol. The fourth-order valence-corrected chi connectivity index (χ4v) is 1.29. The van der Waals surface area contributed by atoms with E-state index < -0.39 is 17.9 Å². The van der Waals surface area contributed by atoms with E-state index in [2.05, 4.69) is 4.74 Å². The van der Waals surface area contributed by atoms with Gasteiger partial charge in [0.15, 0.2) is 11.9 Å². The van der Waals surface area contributed by atoms with Crippen molar-refractivity contribution in [1.82, 2.24) is 0 Å². The van der Waals surface area contributed by atoms with E-state index in [9.17, 15) is 14.0 Å². The lowest BCUT2D eigenvalue weighted by Gasteiger charge is -2.14. The van der Waals surface area contributed by atoms with Gasteiger partial charge < -0.3 is 9.47 Å². The molecule has 0 aliphatic rings.